The first-order chi connectivity index (χ1) is 4.66. The lowest BCUT2D eigenvalue weighted by Gasteiger charge is -2.01. The average Bonchev–Trinajstić information content (AvgIpc) is 1.85. The van der Waals surface area contributed by atoms with Crippen LogP contribution in [0.4, 0.5) is 0 Å². The minimum atomic E-state index is -0.285. The zero-order chi connectivity index (χ0) is 7.98. The highest BCUT2D eigenvalue weighted by Gasteiger charge is 1.97. The molecule has 4 nitrogen and oxygen atoms in total. The molecule has 0 atom stereocenters. The zero-order valence-electron chi connectivity index (χ0n) is 5.68. The Balaban J connectivity index is 3.30. The topological polar surface area (TPSA) is 58.2 Å². The Morgan fingerprint density at radius 1 is 1.40 bits per heavy atom. The summed E-state index contributed by atoms with van der Waals surface area (Å²) in [4.78, 5) is 20.8. The number of hydrogen-bond acceptors (Lipinski definition) is 3. The highest BCUT2D eigenvalue weighted by Crippen LogP contribution is 1.80. The van der Waals surface area contributed by atoms with Gasteiger partial charge in [0.05, 0.1) is 0 Å². The summed E-state index contributed by atoms with van der Waals surface area (Å²) in [5, 5.41) is 0. The Morgan fingerprint density at radius 3 is 2.40 bits per heavy atom. The summed E-state index contributed by atoms with van der Waals surface area (Å²) in [7, 11) is 0. The lowest BCUT2D eigenvalue weighted by atomic mass is 10.5. The van der Waals surface area contributed by atoms with Crippen LogP contribution < -0.4 is 10.9 Å². The number of thiol groups is 1. The van der Waals surface area contributed by atoms with Crippen molar-refractivity contribution in [3.63, 3.8) is 0 Å². The first kappa shape index (κ1) is 9.29. The summed E-state index contributed by atoms with van der Waals surface area (Å²) in [6.07, 6.45) is 0.309. The fourth-order valence-electron chi connectivity index (χ4n) is 0.322. The molecule has 0 aliphatic heterocycles. The number of rotatable bonds is 2. The van der Waals surface area contributed by atoms with Crippen molar-refractivity contribution in [1.29, 1.82) is 0 Å². The van der Waals surface area contributed by atoms with E-state index in [9.17, 15) is 9.59 Å². The van der Waals surface area contributed by atoms with Gasteiger partial charge in [-0.2, -0.15) is 12.6 Å². The molecule has 5 heteroatoms. The lowest BCUT2D eigenvalue weighted by molar-refractivity contribution is -0.127. The highest BCUT2D eigenvalue weighted by molar-refractivity contribution is 7.80. The van der Waals surface area contributed by atoms with Gasteiger partial charge in [-0.15, -0.1) is 0 Å². The molecular weight excluding hydrogens is 152 g/mol. The molecule has 0 aliphatic rings. The van der Waals surface area contributed by atoms with Gasteiger partial charge in [0.1, 0.15) is 0 Å². The minimum absolute atomic E-state index is 0.231. The van der Waals surface area contributed by atoms with E-state index in [1.807, 2.05) is 0 Å². The zero-order valence-corrected chi connectivity index (χ0v) is 6.57. The molecule has 2 N–H and O–H groups in total. The molecule has 0 bridgehead atoms. The Bertz CT molecular complexity index is 138. The van der Waals surface area contributed by atoms with Gasteiger partial charge in [-0.3, -0.25) is 20.4 Å². The number of amides is 2. The molecule has 0 fully saturated rings. The molecule has 0 unspecified atom stereocenters. The van der Waals surface area contributed by atoms with E-state index in [1.165, 1.54) is 6.92 Å². The van der Waals surface area contributed by atoms with Crippen LogP contribution in [0, 0.1) is 0 Å². The van der Waals surface area contributed by atoms with Crippen LogP contribution in [-0.2, 0) is 9.59 Å². The van der Waals surface area contributed by atoms with E-state index in [-0.39, 0.29) is 11.8 Å². The van der Waals surface area contributed by atoms with Gasteiger partial charge in [-0.25, -0.2) is 0 Å². The van der Waals surface area contributed by atoms with Crippen molar-refractivity contribution >= 4 is 24.4 Å². The quantitative estimate of drug-likeness (QED) is 0.378. The SMILES string of the molecule is CC(=O)NNC(=O)CCS. The van der Waals surface area contributed by atoms with Gasteiger partial charge in [-0.05, 0) is 5.75 Å². The summed E-state index contributed by atoms with van der Waals surface area (Å²) < 4.78 is 0. The summed E-state index contributed by atoms with van der Waals surface area (Å²) in [5.74, 6) is -0.0384. The Kier molecular flexibility index (Phi) is 4.74. The van der Waals surface area contributed by atoms with Crippen molar-refractivity contribution in [2.75, 3.05) is 5.75 Å². The summed E-state index contributed by atoms with van der Waals surface area (Å²) in [5.41, 5.74) is 4.35. The van der Waals surface area contributed by atoms with Gasteiger partial charge in [0, 0.05) is 13.3 Å². The normalized spacial score (nSPS) is 8.60. The van der Waals surface area contributed by atoms with Crippen LogP contribution in [0.5, 0.6) is 0 Å². The van der Waals surface area contributed by atoms with Gasteiger partial charge in [0.2, 0.25) is 11.8 Å². The molecule has 0 aromatic heterocycles. The van der Waals surface area contributed by atoms with Gasteiger partial charge < -0.3 is 0 Å². The number of nitrogens with one attached hydrogen (secondary N) is 2. The van der Waals surface area contributed by atoms with Crippen LogP contribution in [0.1, 0.15) is 13.3 Å². The molecule has 0 rings (SSSR count). The van der Waals surface area contributed by atoms with Crippen molar-refractivity contribution in [1.82, 2.24) is 10.9 Å². The van der Waals surface area contributed by atoms with E-state index in [4.69, 9.17) is 0 Å². The molecule has 58 valence electrons. The number of hydrogen-bond donors (Lipinski definition) is 3. The molecule has 0 aromatic rings. The van der Waals surface area contributed by atoms with Crippen LogP contribution in [0.15, 0.2) is 0 Å². The van der Waals surface area contributed by atoms with E-state index in [0.717, 1.165) is 0 Å². The second kappa shape index (κ2) is 5.10. The number of carbonyl (C=O) groups excluding carboxylic acids is 2. The molecule has 0 aliphatic carbocycles. The first-order valence-corrected chi connectivity index (χ1v) is 3.46. The molecule has 0 aromatic carbocycles. The monoisotopic (exact) mass is 162 g/mol. The Labute approximate surface area is 64.7 Å². The van der Waals surface area contributed by atoms with Gasteiger partial charge >= 0.3 is 0 Å². The van der Waals surface area contributed by atoms with Crippen LogP contribution in [0.2, 0.25) is 0 Å². The second-order valence-corrected chi connectivity index (χ2v) is 2.15. The van der Waals surface area contributed by atoms with E-state index in [2.05, 4.69) is 23.5 Å². The van der Waals surface area contributed by atoms with Crippen molar-refractivity contribution in [3.8, 4) is 0 Å². The average molecular weight is 162 g/mol. The molecule has 0 radical (unpaired) electrons. The molecule has 0 saturated heterocycles. The van der Waals surface area contributed by atoms with Crippen LogP contribution >= 0.6 is 12.6 Å². The van der Waals surface area contributed by atoms with E-state index < -0.39 is 0 Å². The third kappa shape index (κ3) is 5.43. The highest BCUT2D eigenvalue weighted by atomic mass is 32.1. The van der Waals surface area contributed by atoms with Gasteiger partial charge in [0.25, 0.3) is 0 Å². The van der Waals surface area contributed by atoms with Crippen LogP contribution in [0.25, 0.3) is 0 Å². The number of hydrazine groups is 1. The van der Waals surface area contributed by atoms with Crippen molar-refractivity contribution in [3.05, 3.63) is 0 Å². The van der Waals surface area contributed by atoms with Crippen molar-refractivity contribution in [2.24, 2.45) is 0 Å². The summed E-state index contributed by atoms with van der Waals surface area (Å²) >= 11 is 3.83. The van der Waals surface area contributed by atoms with E-state index >= 15 is 0 Å². The maximum Gasteiger partial charge on any atom is 0.239 e. The maximum atomic E-state index is 10.6. The summed E-state index contributed by atoms with van der Waals surface area (Å²) in [6.45, 7) is 1.32. The molecule has 10 heavy (non-hydrogen) atoms. The van der Waals surface area contributed by atoms with Gasteiger partial charge in [0.15, 0.2) is 0 Å². The largest absolute Gasteiger partial charge is 0.274 e. The Morgan fingerprint density at radius 2 is 2.00 bits per heavy atom. The predicted octanol–water partition coefficient (Wildman–Crippen LogP) is -0.526. The fraction of sp³-hybridized carbons (Fsp3) is 0.600. The smallest absolute Gasteiger partial charge is 0.239 e. The minimum Gasteiger partial charge on any atom is -0.274 e. The molecule has 2 amide bonds. The number of carbonyl (C=O) groups is 2. The first-order valence-electron chi connectivity index (χ1n) is 2.83. The molecule has 0 saturated carbocycles. The van der Waals surface area contributed by atoms with E-state index in [0.29, 0.717) is 12.2 Å². The molecule has 0 heterocycles. The maximum absolute atomic E-state index is 10.6. The fourth-order valence-corrected chi connectivity index (χ4v) is 0.525. The molecular formula is C5H10N2O2S. The summed E-state index contributed by atoms with van der Waals surface area (Å²) in [6, 6.07) is 0. The van der Waals surface area contributed by atoms with Crippen molar-refractivity contribution < 1.29 is 9.59 Å². The standard InChI is InChI=1S/C5H10N2O2S/c1-4(8)6-7-5(9)2-3-10/h10H,2-3H2,1H3,(H,6,8)(H,7,9). The van der Waals surface area contributed by atoms with Crippen LogP contribution in [-0.4, -0.2) is 17.6 Å². The van der Waals surface area contributed by atoms with Crippen LogP contribution in [0.3, 0.4) is 0 Å². The van der Waals surface area contributed by atoms with Crippen molar-refractivity contribution in [2.45, 2.75) is 13.3 Å². The predicted molar refractivity (Wildman–Crippen MR) is 40.4 cm³/mol. The Hall–Kier alpha value is -0.710. The third-order valence-electron chi connectivity index (χ3n) is 0.717. The van der Waals surface area contributed by atoms with Gasteiger partial charge in [-0.1, -0.05) is 0 Å². The lowest BCUT2D eigenvalue weighted by Crippen LogP contribution is -2.40. The van der Waals surface area contributed by atoms with E-state index in [1.54, 1.807) is 0 Å². The third-order valence-corrected chi connectivity index (χ3v) is 0.940. The molecule has 0 spiro atoms. The second-order valence-electron chi connectivity index (χ2n) is 1.70.